The molecule has 1 heterocycles. The number of rotatable bonds is 3. The van der Waals surface area contributed by atoms with Gasteiger partial charge in [-0.25, -0.2) is 8.42 Å². The van der Waals surface area contributed by atoms with Gasteiger partial charge in [0.05, 0.1) is 11.5 Å². The Labute approximate surface area is 110 Å². The molecule has 5 heteroatoms. The van der Waals surface area contributed by atoms with Crippen molar-refractivity contribution in [1.29, 1.82) is 0 Å². The summed E-state index contributed by atoms with van der Waals surface area (Å²) >= 11 is 3.50. The van der Waals surface area contributed by atoms with Gasteiger partial charge in [0.25, 0.3) is 0 Å². The number of nitrogens with two attached hydrogens (primary N) is 1. The molecule has 2 rings (SSSR count). The quantitative estimate of drug-likeness (QED) is 0.924. The minimum absolute atomic E-state index is 0.220. The number of halogens is 1. The van der Waals surface area contributed by atoms with Crippen molar-refractivity contribution in [2.75, 3.05) is 18.1 Å². The van der Waals surface area contributed by atoms with Gasteiger partial charge in [-0.3, -0.25) is 0 Å². The van der Waals surface area contributed by atoms with Crippen molar-refractivity contribution < 1.29 is 8.42 Å². The molecule has 0 amide bonds. The van der Waals surface area contributed by atoms with E-state index in [0.29, 0.717) is 13.0 Å². The largest absolute Gasteiger partial charge is 0.330 e. The maximum absolute atomic E-state index is 11.6. The average molecular weight is 318 g/mol. The molecule has 2 N–H and O–H groups in total. The summed E-state index contributed by atoms with van der Waals surface area (Å²) in [5.74, 6) is 0.493. The average Bonchev–Trinajstić information content (AvgIpc) is 2.59. The summed E-state index contributed by atoms with van der Waals surface area (Å²) in [5.41, 5.74) is 6.67. The molecule has 0 saturated carbocycles. The second-order valence-corrected chi connectivity index (χ2v) is 7.85. The molecule has 1 saturated heterocycles. The van der Waals surface area contributed by atoms with Gasteiger partial charge in [-0.15, -0.1) is 0 Å². The topological polar surface area (TPSA) is 60.2 Å². The van der Waals surface area contributed by atoms with Crippen molar-refractivity contribution in [2.45, 2.75) is 12.8 Å². The molecule has 0 radical (unpaired) electrons. The van der Waals surface area contributed by atoms with Crippen LogP contribution in [0.5, 0.6) is 0 Å². The van der Waals surface area contributed by atoms with Crippen molar-refractivity contribution in [3.8, 4) is 0 Å². The molecule has 0 aromatic heterocycles. The highest BCUT2D eigenvalue weighted by Crippen LogP contribution is 2.36. The van der Waals surface area contributed by atoms with E-state index >= 15 is 0 Å². The van der Waals surface area contributed by atoms with Crippen molar-refractivity contribution in [2.24, 2.45) is 11.1 Å². The Morgan fingerprint density at radius 3 is 2.59 bits per heavy atom. The molecular formula is C12H16BrNO2S. The zero-order valence-corrected chi connectivity index (χ0v) is 11.9. The van der Waals surface area contributed by atoms with E-state index < -0.39 is 9.84 Å². The molecule has 17 heavy (non-hydrogen) atoms. The van der Waals surface area contributed by atoms with E-state index in [1.54, 1.807) is 0 Å². The van der Waals surface area contributed by atoms with Gasteiger partial charge in [0.2, 0.25) is 0 Å². The summed E-state index contributed by atoms with van der Waals surface area (Å²) in [6.07, 6.45) is 1.40. The predicted molar refractivity (Wildman–Crippen MR) is 72.6 cm³/mol. The normalized spacial score (nSPS) is 27.2. The van der Waals surface area contributed by atoms with Crippen molar-refractivity contribution >= 4 is 25.8 Å². The lowest BCUT2D eigenvalue weighted by molar-refractivity contribution is 0.344. The fraction of sp³-hybridized carbons (Fsp3) is 0.500. The summed E-state index contributed by atoms with van der Waals surface area (Å²) in [7, 11) is -2.89. The highest BCUT2D eigenvalue weighted by molar-refractivity contribution is 9.10. The van der Waals surface area contributed by atoms with Gasteiger partial charge in [0.1, 0.15) is 0 Å². The zero-order chi connectivity index (χ0) is 12.5. The molecule has 1 atom stereocenters. The van der Waals surface area contributed by atoms with Crippen LogP contribution in [-0.4, -0.2) is 26.5 Å². The highest BCUT2D eigenvalue weighted by Gasteiger charge is 2.41. The standard InChI is InChI=1S/C12H16BrNO2S/c13-11-4-2-1-3-10(11)7-12(8-14)5-6-17(15,16)9-12/h1-4H,5-9,14H2. The molecule has 1 aliphatic rings. The Morgan fingerprint density at radius 1 is 1.35 bits per heavy atom. The lowest BCUT2D eigenvalue weighted by Gasteiger charge is -2.26. The maximum Gasteiger partial charge on any atom is 0.150 e. The molecule has 1 aromatic rings. The monoisotopic (exact) mass is 317 g/mol. The van der Waals surface area contributed by atoms with E-state index in [9.17, 15) is 8.42 Å². The first-order chi connectivity index (χ1) is 7.96. The number of benzene rings is 1. The number of hydrogen-bond acceptors (Lipinski definition) is 3. The molecule has 3 nitrogen and oxygen atoms in total. The fourth-order valence-electron chi connectivity index (χ4n) is 2.40. The second-order valence-electron chi connectivity index (χ2n) is 4.81. The van der Waals surface area contributed by atoms with Crippen molar-refractivity contribution in [3.63, 3.8) is 0 Å². The first-order valence-electron chi connectivity index (χ1n) is 5.60. The van der Waals surface area contributed by atoms with Crippen LogP contribution in [-0.2, 0) is 16.3 Å². The van der Waals surface area contributed by atoms with Crippen LogP contribution in [0.1, 0.15) is 12.0 Å². The third-order valence-corrected chi connectivity index (χ3v) is 6.08. The second kappa shape index (κ2) is 4.71. The SMILES string of the molecule is NCC1(Cc2ccccc2Br)CCS(=O)(=O)C1. The van der Waals surface area contributed by atoms with Gasteiger partial charge in [-0.2, -0.15) is 0 Å². The van der Waals surface area contributed by atoms with E-state index in [0.717, 1.165) is 16.5 Å². The summed E-state index contributed by atoms with van der Waals surface area (Å²) in [4.78, 5) is 0. The molecule has 1 fully saturated rings. The Hall–Kier alpha value is -0.390. The third-order valence-electron chi connectivity index (χ3n) is 3.43. The lowest BCUT2D eigenvalue weighted by Crippen LogP contribution is -2.34. The molecular weight excluding hydrogens is 302 g/mol. The smallest absolute Gasteiger partial charge is 0.150 e. The molecule has 94 valence electrons. The Kier molecular flexibility index (Phi) is 3.61. The van der Waals surface area contributed by atoms with E-state index in [-0.39, 0.29) is 16.9 Å². The summed E-state index contributed by atoms with van der Waals surface area (Å²) in [6.45, 7) is 0.424. The fourth-order valence-corrected chi connectivity index (χ4v) is 5.01. The van der Waals surface area contributed by atoms with Gasteiger partial charge < -0.3 is 5.73 Å². The Balaban J connectivity index is 2.25. The predicted octanol–water partition coefficient (Wildman–Crippen LogP) is 1.76. The maximum atomic E-state index is 11.6. The van der Waals surface area contributed by atoms with E-state index in [1.165, 1.54) is 0 Å². The van der Waals surface area contributed by atoms with Crippen LogP contribution in [0.25, 0.3) is 0 Å². The zero-order valence-electron chi connectivity index (χ0n) is 9.52. The summed E-state index contributed by atoms with van der Waals surface area (Å²) in [6, 6.07) is 7.91. The Morgan fingerprint density at radius 2 is 2.06 bits per heavy atom. The van der Waals surface area contributed by atoms with Gasteiger partial charge in [-0.1, -0.05) is 34.1 Å². The Bertz CT molecular complexity index is 515. The van der Waals surface area contributed by atoms with Crippen LogP contribution < -0.4 is 5.73 Å². The lowest BCUT2D eigenvalue weighted by atomic mass is 9.81. The van der Waals surface area contributed by atoms with Gasteiger partial charge in [0, 0.05) is 9.89 Å². The van der Waals surface area contributed by atoms with Crippen LogP contribution in [0.3, 0.4) is 0 Å². The molecule has 1 aromatic carbocycles. The summed E-state index contributed by atoms with van der Waals surface area (Å²) < 4.78 is 24.3. The van der Waals surface area contributed by atoms with Gasteiger partial charge in [0.15, 0.2) is 9.84 Å². The van der Waals surface area contributed by atoms with Crippen LogP contribution in [0.4, 0.5) is 0 Å². The number of sulfone groups is 1. The van der Waals surface area contributed by atoms with Crippen LogP contribution >= 0.6 is 15.9 Å². The van der Waals surface area contributed by atoms with Crippen LogP contribution in [0.2, 0.25) is 0 Å². The highest BCUT2D eigenvalue weighted by atomic mass is 79.9. The van der Waals surface area contributed by atoms with Gasteiger partial charge in [-0.05, 0) is 31.0 Å². The number of hydrogen-bond donors (Lipinski definition) is 1. The summed E-state index contributed by atoms with van der Waals surface area (Å²) in [5, 5.41) is 0. The van der Waals surface area contributed by atoms with Crippen LogP contribution in [0, 0.1) is 5.41 Å². The molecule has 0 bridgehead atoms. The van der Waals surface area contributed by atoms with E-state index in [4.69, 9.17) is 5.73 Å². The van der Waals surface area contributed by atoms with Crippen LogP contribution in [0.15, 0.2) is 28.7 Å². The van der Waals surface area contributed by atoms with Gasteiger partial charge >= 0.3 is 0 Å². The first kappa shape index (κ1) is 13.1. The molecule has 1 aliphatic heterocycles. The van der Waals surface area contributed by atoms with Crippen molar-refractivity contribution in [1.82, 2.24) is 0 Å². The molecule has 0 spiro atoms. The third kappa shape index (κ3) is 2.89. The first-order valence-corrected chi connectivity index (χ1v) is 8.22. The molecule has 1 unspecified atom stereocenters. The molecule has 0 aliphatic carbocycles. The minimum atomic E-state index is -2.89. The van der Waals surface area contributed by atoms with Crippen molar-refractivity contribution in [3.05, 3.63) is 34.3 Å². The van der Waals surface area contributed by atoms with E-state index in [2.05, 4.69) is 15.9 Å². The van der Waals surface area contributed by atoms with E-state index in [1.807, 2.05) is 24.3 Å². The minimum Gasteiger partial charge on any atom is -0.330 e.